The minimum absolute atomic E-state index is 0.327. The molecule has 0 spiro atoms. The average Bonchev–Trinajstić information content (AvgIpc) is 1.92. The maximum atomic E-state index is 11.3. The van der Waals surface area contributed by atoms with Crippen molar-refractivity contribution in [3.8, 4) is 0 Å². The zero-order valence-electron chi connectivity index (χ0n) is 9.60. The van der Waals surface area contributed by atoms with E-state index < -0.39 is 13.4 Å². The lowest BCUT2D eigenvalue weighted by Crippen LogP contribution is -2.44. The van der Waals surface area contributed by atoms with Crippen LogP contribution in [-0.2, 0) is 4.57 Å². The highest BCUT2D eigenvalue weighted by Gasteiger charge is 2.39. The minimum Gasteiger partial charge on any atom is -0.320 e. The molecule has 0 aromatic heterocycles. The molecule has 0 amide bonds. The fraction of sp³-hybridized carbons (Fsp3) is 1.00. The van der Waals surface area contributed by atoms with Gasteiger partial charge in [0, 0.05) is 6.42 Å². The first-order chi connectivity index (χ1) is 6.19. The summed E-state index contributed by atoms with van der Waals surface area (Å²) in [6.07, 6.45) is 3.60. The summed E-state index contributed by atoms with van der Waals surface area (Å²) < 4.78 is 11.6. The first-order valence-electron chi connectivity index (χ1n) is 5.06. The molecule has 5 heteroatoms. The Morgan fingerprint density at radius 1 is 1.21 bits per heavy atom. The van der Waals surface area contributed by atoms with E-state index >= 15 is 0 Å². The predicted molar refractivity (Wildman–Crippen MR) is 58.0 cm³/mol. The van der Waals surface area contributed by atoms with Crippen LogP contribution in [0.3, 0.4) is 0 Å². The third kappa shape index (κ3) is 5.11. The van der Waals surface area contributed by atoms with Gasteiger partial charge in [-0.3, -0.25) is 4.57 Å². The Hall–Kier alpha value is 0.110. The molecule has 0 aliphatic heterocycles. The summed E-state index contributed by atoms with van der Waals surface area (Å²) >= 11 is 0. The van der Waals surface area contributed by atoms with Crippen molar-refractivity contribution in [3.63, 3.8) is 0 Å². The monoisotopic (exact) mass is 224 g/mol. The Bertz CT molecular complexity index is 207. The molecule has 0 heterocycles. The molecule has 4 nitrogen and oxygen atoms in total. The Balaban J connectivity index is 4.36. The maximum absolute atomic E-state index is 11.3. The van der Waals surface area contributed by atoms with Crippen LogP contribution in [0, 0.1) is 0 Å². The number of unbranched alkanes of at least 4 members (excludes halogenated alkanes) is 2. The van der Waals surface area contributed by atoms with Gasteiger partial charge in [0.1, 0.15) is 0 Å². The van der Waals surface area contributed by atoms with E-state index in [9.17, 15) is 14.4 Å². The molecule has 1 unspecified atom stereocenters. The molecule has 2 N–H and O–H groups in total. The number of nitrogens with zero attached hydrogens (tertiary/aromatic N) is 1. The van der Waals surface area contributed by atoms with Crippen molar-refractivity contribution in [2.75, 3.05) is 21.1 Å². The Morgan fingerprint density at radius 2 is 1.71 bits per heavy atom. The lowest BCUT2D eigenvalue weighted by atomic mass is 10.2. The predicted octanol–water partition coefficient (Wildman–Crippen LogP) is 1.78. The quantitative estimate of drug-likeness (QED) is 0.411. The van der Waals surface area contributed by atoms with Crippen LogP contribution in [0.2, 0.25) is 0 Å². The molecule has 1 atom stereocenters. The van der Waals surface area contributed by atoms with Gasteiger partial charge >= 0.3 is 7.60 Å². The van der Waals surface area contributed by atoms with Gasteiger partial charge in [0.2, 0.25) is 0 Å². The van der Waals surface area contributed by atoms with E-state index in [1.165, 1.54) is 0 Å². The zero-order valence-corrected chi connectivity index (χ0v) is 10.5. The smallest absolute Gasteiger partial charge is 0.320 e. The van der Waals surface area contributed by atoms with Crippen molar-refractivity contribution in [1.82, 2.24) is 0 Å². The number of hydrogen-bond donors (Lipinski definition) is 2. The molecule has 0 saturated carbocycles. The SMILES string of the molecule is CCCCCC([N+](C)(C)C)P(=O)(O)O. The molecule has 0 fully saturated rings. The fourth-order valence-electron chi connectivity index (χ4n) is 1.58. The molecule has 0 aromatic carbocycles. The van der Waals surface area contributed by atoms with Crippen LogP contribution in [0.5, 0.6) is 0 Å². The lowest BCUT2D eigenvalue weighted by molar-refractivity contribution is -0.883. The van der Waals surface area contributed by atoms with Crippen molar-refractivity contribution >= 4 is 7.60 Å². The minimum atomic E-state index is -3.97. The van der Waals surface area contributed by atoms with Gasteiger partial charge < -0.3 is 14.3 Å². The second kappa shape index (κ2) is 5.26. The van der Waals surface area contributed by atoms with Crippen molar-refractivity contribution in [1.29, 1.82) is 0 Å². The van der Waals surface area contributed by atoms with Gasteiger partial charge in [0.25, 0.3) is 0 Å². The topological polar surface area (TPSA) is 57.5 Å². The molecular weight excluding hydrogens is 201 g/mol. The second-order valence-electron chi connectivity index (χ2n) is 4.68. The third-order valence-corrected chi connectivity index (χ3v) is 4.08. The Kier molecular flexibility index (Phi) is 5.31. The van der Waals surface area contributed by atoms with Crippen molar-refractivity contribution < 1.29 is 18.8 Å². The first-order valence-corrected chi connectivity index (χ1v) is 6.74. The molecule has 0 saturated heterocycles. The van der Waals surface area contributed by atoms with E-state index in [1.54, 1.807) is 0 Å². The third-order valence-electron chi connectivity index (χ3n) is 2.35. The van der Waals surface area contributed by atoms with E-state index in [0.717, 1.165) is 19.3 Å². The highest BCUT2D eigenvalue weighted by Crippen LogP contribution is 2.46. The van der Waals surface area contributed by atoms with E-state index in [-0.39, 0.29) is 0 Å². The summed E-state index contributed by atoms with van der Waals surface area (Å²) in [7, 11) is 1.52. The summed E-state index contributed by atoms with van der Waals surface area (Å²) in [5.41, 5.74) is 0. The van der Waals surface area contributed by atoms with Crippen LogP contribution in [0.15, 0.2) is 0 Å². The standard InChI is InChI=1S/C9H22NO3P/c1-5-6-7-8-9(10(2,3)4)14(11,12)13/h9H,5-8H2,1-4H3,(H-,11,12,13)/p+1. The highest BCUT2D eigenvalue weighted by molar-refractivity contribution is 7.52. The van der Waals surface area contributed by atoms with E-state index in [1.807, 2.05) is 21.1 Å². The molecule has 0 radical (unpaired) electrons. The van der Waals surface area contributed by atoms with E-state index in [0.29, 0.717) is 10.9 Å². The fourth-order valence-corrected chi connectivity index (χ4v) is 3.01. The first kappa shape index (κ1) is 14.1. The molecule has 0 rings (SSSR count). The second-order valence-corrected chi connectivity index (χ2v) is 6.46. The molecule has 14 heavy (non-hydrogen) atoms. The molecule has 0 bridgehead atoms. The van der Waals surface area contributed by atoms with Crippen LogP contribution >= 0.6 is 7.60 Å². The Morgan fingerprint density at radius 3 is 2.00 bits per heavy atom. The van der Waals surface area contributed by atoms with Crippen LogP contribution < -0.4 is 0 Å². The zero-order chi connectivity index (χ0) is 11.4. The normalized spacial score (nSPS) is 15.6. The molecule has 0 aliphatic rings. The number of rotatable bonds is 6. The molecule has 86 valence electrons. The summed E-state index contributed by atoms with van der Waals surface area (Å²) in [5.74, 6) is -0.561. The summed E-state index contributed by atoms with van der Waals surface area (Å²) in [5, 5.41) is 0. The number of hydrogen-bond acceptors (Lipinski definition) is 1. The molecule has 0 aromatic rings. The summed E-state index contributed by atoms with van der Waals surface area (Å²) in [6, 6.07) is 0. The van der Waals surface area contributed by atoms with Gasteiger partial charge in [0.15, 0.2) is 5.78 Å². The summed E-state index contributed by atoms with van der Waals surface area (Å²) in [4.78, 5) is 18.4. The average molecular weight is 224 g/mol. The van der Waals surface area contributed by atoms with Gasteiger partial charge in [-0.1, -0.05) is 19.8 Å². The largest absolute Gasteiger partial charge is 0.382 e. The van der Waals surface area contributed by atoms with Gasteiger partial charge in [-0.05, 0) is 6.42 Å². The molecular formula is C9H23NO3P+. The highest BCUT2D eigenvalue weighted by atomic mass is 31.2. The van der Waals surface area contributed by atoms with Crippen LogP contribution in [-0.4, -0.2) is 41.2 Å². The van der Waals surface area contributed by atoms with Crippen LogP contribution in [0.4, 0.5) is 0 Å². The lowest BCUT2D eigenvalue weighted by Gasteiger charge is -2.34. The van der Waals surface area contributed by atoms with Gasteiger partial charge in [-0.25, -0.2) is 0 Å². The van der Waals surface area contributed by atoms with E-state index in [4.69, 9.17) is 0 Å². The van der Waals surface area contributed by atoms with Gasteiger partial charge in [-0.15, -0.1) is 0 Å². The van der Waals surface area contributed by atoms with Crippen LogP contribution in [0.1, 0.15) is 32.6 Å². The Labute approximate surface area is 86.7 Å². The maximum Gasteiger partial charge on any atom is 0.382 e. The molecule has 0 aliphatic carbocycles. The van der Waals surface area contributed by atoms with Crippen molar-refractivity contribution in [2.45, 2.75) is 38.4 Å². The van der Waals surface area contributed by atoms with Crippen molar-refractivity contribution in [2.24, 2.45) is 0 Å². The van der Waals surface area contributed by atoms with Crippen molar-refractivity contribution in [3.05, 3.63) is 0 Å². The number of quaternary nitrogens is 1. The van der Waals surface area contributed by atoms with E-state index in [2.05, 4.69) is 6.92 Å². The van der Waals surface area contributed by atoms with Gasteiger partial charge in [-0.2, -0.15) is 0 Å². The summed E-state index contributed by atoms with van der Waals surface area (Å²) in [6.45, 7) is 2.08. The van der Waals surface area contributed by atoms with Crippen LogP contribution in [0.25, 0.3) is 0 Å². The van der Waals surface area contributed by atoms with Gasteiger partial charge in [0.05, 0.1) is 21.1 Å².